The molecule has 0 fully saturated rings. The van der Waals surface area contributed by atoms with Crippen molar-refractivity contribution in [1.82, 2.24) is 0 Å². The lowest BCUT2D eigenvalue weighted by Crippen LogP contribution is -2.29. The molecule has 0 bridgehead atoms. The van der Waals surface area contributed by atoms with Crippen molar-refractivity contribution < 1.29 is 37.9 Å². The fourth-order valence-corrected chi connectivity index (χ4v) is 5.08. The summed E-state index contributed by atoms with van der Waals surface area (Å²) in [7, 11) is -4.74. The van der Waals surface area contributed by atoms with Crippen LogP contribution in [0.15, 0.2) is 12.2 Å². The van der Waals surface area contributed by atoms with Crippen LogP contribution in [0.5, 0.6) is 0 Å². The Morgan fingerprint density at radius 3 is 1.45 bits per heavy atom. The third kappa shape index (κ3) is 31.7. The van der Waals surface area contributed by atoms with Crippen LogP contribution in [0.4, 0.5) is 0 Å². The summed E-state index contributed by atoms with van der Waals surface area (Å²) in [4.78, 5) is 42.4. The van der Waals surface area contributed by atoms with Gasteiger partial charge in [0, 0.05) is 12.8 Å². The Kier molecular flexibility index (Phi) is 29.0. The fraction of sp³-hybridized carbons (Fsp3) is 0.879. The van der Waals surface area contributed by atoms with Gasteiger partial charge in [0.2, 0.25) is 0 Å². The molecular weight excluding hydrogens is 555 g/mol. The predicted octanol–water partition coefficient (Wildman–Crippen LogP) is 9.51. The molecule has 1 atom stereocenters. The lowest BCUT2D eigenvalue weighted by molar-refractivity contribution is -0.161. The Balaban J connectivity index is 4.00. The molecule has 0 rings (SSSR count). The summed E-state index contributed by atoms with van der Waals surface area (Å²) >= 11 is 0. The van der Waals surface area contributed by atoms with Gasteiger partial charge in [0.15, 0.2) is 6.10 Å². The highest BCUT2D eigenvalue weighted by atomic mass is 31.2. The molecule has 42 heavy (non-hydrogen) atoms. The second kappa shape index (κ2) is 29.8. The van der Waals surface area contributed by atoms with Gasteiger partial charge in [-0.05, 0) is 38.5 Å². The quantitative estimate of drug-likeness (QED) is 0.0341. The Bertz CT molecular complexity index is 706. The SMILES string of the molecule is CCCCCCCC/C=C/CCCCCCCC(=O)O[C@H](COC(=O)CCCCCCCCCCC)COP(=O)(O)O. The number of carbonyl (C=O) groups excluding carboxylic acids is 2. The molecule has 0 heterocycles. The average molecular weight is 619 g/mol. The van der Waals surface area contributed by atoms with Crippen molar-refractivity contribution in [2.24, 2.45) is 0 Å². The number of phosphoric acid groups is 1. The van der Waals surface area contributed by atoms with Crippen molar-refractivity contribution in [3.63, 3.8) is 0 Å². The molecular formula is C33H63O8P. The van der Waals surface area contributed by atoms with Gasteiger partial charge in [-0.2, -0.15) is 0 Å². The molecule has 8 nitrogen and oxygen atoms in total. The summed E-state index contributed by atoms with van der Waals surface area (Å²) < 4.78 is 26.2. The lowest BCUT2D eigenvalue weighted by Gasteiger charge is -2.18. The topological polar surface area (TPSA) is 119 Å². The van der Waals surface area contributed by atoms with Gasteiger partial charge in [-0.3, -0.25) is 14.1 Å². The van der Waals surface area contributed by atoms with Crippen molar-refractivity contribution in [1.29, 1.82) is 0 Å². The van der Waals surface area contributed by atoms with Crippen molar-refractivity contribution >= 4 is 19.8 Å². The largest absolute Gasteiger partial charge is 0.469 e. The van der Waals surface area contributed by atoms with Gasteiger partial charge in [0.05, 0.1) is 6.61 Å². The van der Waals surface area contributed by atoms with Crippen LogP contribution in [0.3, 0.4) is 0 Å². The zero-order chi connectivity index (χ0) is 31.2. The highest BCUT2D eigenvalue weighted by Gasteiger charge is 2.22. The van der Waals surface area contributed by atoms with Crippen molar-refractivity contribution in [2.45, 2.75) is 174 Å². The first-order valence-corrected chi connectivity index (χ1v) is 18.5. The second-order valence-corrected chi connectivity index (χ2v) is 12.7. The third-order valence-electron chi connectivity index (χ3n) is 7.28. The molecule has 0 aliphatic rings. The molecule has 0 unspecified atom stereocenters. The van der Waals surface area contributed by atoms with Crippen molar-refractivity contribution in [3.8, 4) is 0 Å². The number of ether oxygens (including phenoxy) is 2. The molecule has 2 N–H and O–H groups in total. The molecule has 0 aromatic carbocycles. The van der Waals surface area contributed by atoms with Crippen molar-refractivity contribution in [2.75, 3.05) is 13.2 Å². The smallest absolute Gasteiger partial charge is 0.462 e. The van der Waals surface area contributed by atoms with E-state index in [0.717, 1.165) is 51.4 Å². The minimum absolute atomic E-state index is 0.205. The van der Waals surface area contributed by atoms with Gasteiger partial charge in [0.1, 0.15) is 6.61 Å². The molecule has 248 valence electrons. The number of carbonyl (C=O) groups is 2. The summed E-state index contributed by atoms with van der Waals surface area (Å²) in [6, 6.07) is 0. The van der Waals surface area contributed by atoms with E-state index in [1.807, 2.05) is 0 Å². The van der Waals surface area contributed by atoms with Crippen LogP contribution in [0.25, 0.3) is 0 Å². The van der Waals surface area contributed by atoms with Crippen LogP contribution >= 0.6 is 7.82 Å². The first-order valence-electron chi connectivity index (χ1n) is 17.0. The Labute approximate surface area is 257 Å². The maximum atomic E-state index is 12.3. The van der Waals surface area contributed by atoms with E-state index in [0.29, 0.717) is 6.42 Å². The maximum absolute atomic E-state index is 12.3. The van der Waals surface area contributed by atoms with E-state index >= 15 is 0 Å². The van der Waals surface area contributed by atoms with Crippen LogP contribution in [-0.2, 0) is 28.2 Å². The molecule has 0 spiro atoms. The van der Waals surface area contributed by atoms with Gasteiger partial charge in [-0.15, -0.1) is 0 Å². The highest BCUT2D eigenvalue weighted by Crippen LogP contribution is 2.35. The van der Waals surface area contributed by atoms with Crippen molar-refractivity contribution in [3.05, 3.63) is 12.2 Å². The fourth-order valence-electron chi connectivity index (χ4n) is 4.72. The molecule has 0 aliphatic heterocycles. The summed E-state index contributed by atoms with van der Waals surface area (Å²) in [5.41, 5.74) is 0. The standard InChI is InChI=1S/C33H63O8P/c1-3-5-7-9-11-13-14-15-16-17-18-20-22-24-26-28-33(35)41-31(30-40-42(36,37)38)29-39-32(34)27-25-23-21-19-12-10-8-6-4-2/h15-16,31H,3-14,17-30H2,1-2H3,(H2,36,37,38)/b16-15+/t31-/m1/s1. The molecule has 0 radical (unpaired) electrons. The molecule has 0 aliphatic carbocycles. The van der Waals surface area contributed by atoms with Crippen LogP contribution in [0, 0.1) is 0 Å². The zero-order valence-corrected chi connectivity index (χ0v) is 27.8. The minimum atomic E-state index is -4.74. The maximum Gasteiger partial charge on any atom is 0.469 e. The molecule has 0 saturated carbocycles. The number of phosphoric ester groups is 1. The van der Waals surface area contributed by atoms with Gasteiger partial charge in [0.25, 0.3) is 0 Å². The highest BCUT2D eigenvalue weighted by molar-refractivity contribution is 7.46. The van der Waals surface area contributed by atoms with Crippen LogP contribution in [0.1, 0.15) is 168 Å². The number of hydrogen-bond acceptors (Lipinski definition) is 6. The third-order valence-corrected chi connectivity index (χ3v) is 7.77. The Morgan fingerprint density at radius 1 is 0.595 bits per heavy atom. The number of rotatable bonds is 31. The minimum Gasteiger partial charge on any atom is -0.462 e. The predicted molar refractivity (Wildman–Crippen MR) is 170 cm³/mol. The van der Waals surface area contributed by atoms with E-state index in [1.54, 1.807) is 0 Å². The number of allylic oxidation sites excluding steroid dienone is 2. The van der Waals surface area contributed by atoms with Gasteiger partial charge in [-0.1, -0.05) is 129 Å². The van der Waals surface area contributed by atoms with Gasteiger partial charge >= 0.3 is 19.8 Å². The zero-order valence-electron chi connectivity index (χ0n) is 26.9. The van der Waals surface area contributed by atoms with Gasteiger partial charge < -0.3 is 19.3 Å². The Morgan fingerprint density at radius 2 is 1.00 bits per heavy atom. The number of hydrogen-bond donors (Lipinski definition) is 2. The molecule has 0 amide bonds. The molecule has 0 saturated heterocycles. The van der Waals surface area contributed by atoms with Crippen LogP contribution in [0.2, 0.25) is 0 Å². The summed E-state index contributed by atoms with van der Waals surface area (Å²) in [6.07, 6.45) is 29.4. The monoisotopic (exact) mass is 618 g/mol. The van der Waals surface area contributed by atoms with E-state index in [1.165, 1.54) is 83.5 Å². The second-order valence-electron chi connectivity index (χ2n) is 11.5. The number of esters is 2. The molecule has 9 heteroatoms. The van der Waals surface area contributed by atoms with Crippen LogP contribution < -0.4 is 0 Å². The molecule has 0 aromatic heterocycles. The first-order chi connectivity index (χ1) is 20.3. The van der Waals surface area contributed by atoms with E-state index in [-0.39, 0.29) is 19.4 Å². The van der Waals surface area contributed by atoms with E-state index in [2.05, 4.69) is 30.5 Å². The first kappa shape index (κ1) is 40.8. The number of unbranched alkanes of at least 4 members (excludes halogenated alkanes) is 19. The van der Waals surface area contributed by atoms with Gasteiger partial charge in [-0.25, -0.2) is 4.57 Å². The van der Waals surface area contributed by atoms with Crippen LogP contribution in [-0.4, -0.2) is 41.0 Å². The summed E-state index contributed by atoms with van der Waals surface area (Å²) in [5, 5.41) is 0. The average Bonchev–Trinajstić information content (AvgIpc) is 2.95. The normalized spacial score (nSPS) is 12.6. The van der Waals surface area contributed by atoms with E-state index in [9.17, 15) is 14.2 Å². The van der Waals surface area contributed by atoms with E-state index < -0.39 is 32.5 Å². The lowest BCUT2D eigenvalue weighted by atomic mass is 10.1. The summed E-state index contributed by atoms with van der Waals surface area (Å²) in [6.45, 7) is 3.63. The van der Waals surface area contributed by atoms with E-state index in [4.69, 9.17) is 19.3 Å². The summed E-state index contributed by atoms with van der Waals surface area (Å²) in [5.74, 6) is -0.894. The Hall–Kier alpha value is -1.21. The molecule has 0 aromatic rings.